The van der Waals surface area contributed by atoms with Gasteiger partial charge in [0, 0.05) is 18.7 Å². The minimum Gasteiger partial charge on any atom is -0.872 e. The lowest BCUT2D eigenvalue weighted by Crippen LogP contribution is -2.27. The molecule has 1 fully saturated rings. The molecule has 1 aliphatic heterocycles. The number of carbonyl (C=O) groups is 1. The molecular weight excluding hydrogens is 312 g/mol. The van der Waals surface area contributed by atoms with Crippen LogP contribution in [0.15, 0.2) is 35.8 Å². The number of thiocarbonyl (C=S) groups is 1. The summed E-state index contributed by atoms with van der Waals surface area (Å²) >= 11 is 6.12. The van der Waals surface area contributed by atoms with Gasteiger partial charge in [-0.15, -0.1) is 12.3 Å². The first-order valence-corrected chi connectivity index (χ1v) is 6.98. The van der Waals surface area contributed by atoms with Crippen LogP contribution in [0.25, 0.3) is 6.08 Å². The van der Waals surface area contributed by atoms with Gasteiger partial charge in [0.25, 0.3) is 11.6 Å². The molecular formula is C13H9N2O4S2-. The van der Waals surface area contributed by atoms with Crippen LogP contribution in [0, 0.1) is 10.1 Å². The van der Waals surface area contributed by atoms with Crippen molar-refractivity contribution in [2.24, 2.45) is 0 Å². The van der Waals surface area contributed by atoms with Crippen LogP contribution in [0.1, 0.15) is 5.56 Å². The summed E-state index contributed by atoms with van der Waals surface area (Å²) in [6.45, 7) is 3.82. The van der Waals surface area contributed by atoms with Crippen molar-refractivity contribution in [3.05, 3.63) is 51.4 Å². The highest BCUT2D eigenvalue weighted by Gasteiger charge is 2.31. The molecule has 0 unspecified atom stereocenters. The maximum Gasteiger partial charge on any atom is 0.269 e. The minimum absolute atomic E-state index is 0.0864. The number of hydrogen-bond acceptors (Lipinski definition) is 6. The second-order valence-corrected chi connectivity index (χ2v) is 5.74. The zero-order valence-electron chi connectivity index (χ0n) is 10.6. The van der Waals surface area contributed by atoms with Crippen LogP contribution in [-0.4, -0.2) is 26.6 Å². The highest BCUT2D eigenvalue weighted by atomic mass is 32.2. The van der Waals surface area contributed by atoms with Gasteiger partial charge >= 0.3 is 0 Å². The van der Waals surface area contributed by atoms with Gasteiger partial charge in [-0.2, -0.15) is 0 Å². The van der Waals surface area contributed by atoms with E-state index < -0.39 is 10.7 Å². The molecule has 2 rings (SSSR count). The van der Waals surface area contributed by atoms with Crippen LogP contribution in [0.5, 0.6) is 5.75 Å². The zero-order valence-corrected chi connectivity index (χ0v) is 12.3. The van der Waals surface area contributed by atoms with Crippen molar-refractivity contribution in [3.63, 3.8) is 0 Å². The maximum absolute atomic E-state index is 12.1. The smallest absolute Gasteiger partial charge is 0.269 e. The first-order chi connectivity index (χ1) is 9.93. The van der Waals surface area contributed by atoms with Crippen LogP contribution in [0.4, 0.5) is 5.69 Å². The molecule has 0 spiro atoms. The molecule has 1 aromatic rings. The SMILES string of the molecule is C=CCN1C(=O)/C(=C/c2cc([N+](=O)[O-])ccc2[O-])SC1=S. The fourth-order valence-corrected chi connectivity index (χ4v) is 2.96. The number of rotatable bonds is 4. The number of non-ortho nitro benzene ring substituents is 1. The Balaban J connectivity index is 2.38. The first-order valence-electron chi connectivity index (χ1n) is 5.75. The predicted octanol–water partition coefficient (Wildman–Crippen LogP) is 2.06. The third-order valence-corrected chi connectivity index (χ3v) is 4.05. The third-order valence-electron chi connectivity index (χ3n) is 2.68. The number of thioether (sulfide) groups is 1. The summed E-state index contributed by atoms with van der Waals surface area (Å²) in [5.41, 5.74) is -0.120. The largest absolute Gasteiger partial charge is 0.872 e. The summed E-state index contributed by atoms with van der Waals surface area (Å²) in [4.78, 5) is 23.8. The van der Waals surface area contributed by atoms with Gasteiger partial charge in [0.05, 0.1) is 9.83 Å². The van der Waals surface area contributed by atoms with E-state index in [-0.39, 0.29) is 28.6 Å². The Morgan fingerprint density at radius 3 is 2.81 bits per heavy atom. The number of nitrogens with zero attached hydrogens (tertiary/aromatic N) is 2. The zero-order chi connectivity index (χ0) is 15.6. The molecule has 8 heteroatoms. The molecule has 0 N–H and O–H groups in total. The minimum atomic E-state index is -0.598. The lowest BCUT2D eigenvalue weighted by molar-refractivity contribution is -0.385. The van der Waals surface area contributed by atoms with Crippen molar-refractivity contribution < 1.29 is 14.8 Å². The average Bonchev–Trinajstić information content (AvgIpc) is 2.69. The van der Waals surface area contributed by atoms with Crippen molar-refractivity contribution in [1.29, 1.82) is 0 Å². The summed E-state index contributed by atoms with van der Waals surface area (Å²) < 4.78 is 0.365. The normalized spacial score (nSPS) is 16.6. The maximum atomic E-state index is 12.1. The van der Waals surface area contributed by atoms with E-state index in [0.29, 0.717) is 4.32 Å². The highest BCUT2D eigenvalue weighted by Crippen LogP contribution is 2.34. The fraction of sp³-hybridized carbons (Fsp3) is 0.0769. The molecule has 0 aromatic heterocycles. The molecule has 0 saturated carbocycles. The lowest BCUT2D eigenvalue weighted by atomic mass is 10.1. The molecule has 21 heavy (non-hydrogen) atoms. The van der Waals surface area contributed by atoms with Gasteiger partial charge in [-0.25, -0.2) is 0 Å². The third kappa shape index (κ3) is 3.11. The van der Waals surface area contributed by atoms with Crippen LogP contribution in [0.2, 0.25) is 0 Å². The summed E-state index contributed by atoms with van der Waals surface area (Å²) in [5.74, 6) is -0.731. The standard InChI is InChI=1S/C13H10N2O4S2/c1-2-5-14-12(17)11(21-13(14)20)7-8-6-9(15(18)19)3-4-10(8)16/h2-4,6-7,16H,1,5H2/p-1/b11-7-. The Bertz CT molecular complexity index is 685. The number of amides is 1. The Morgan fingerprint density at radius 1 is 1.48 bits per heavy atom. The number of nitro groups is 1. The molecule has 0 bridgehead atoms. The topological polar surface area (TPSA) is 86.5 Å². The van der Waals surface area contributed by atoms with Crippen LogP contribution in [0.3, 0.4) is 0 Å². The van der Waals surface area contributed by atoms with E-state index in [1.807, 2.05) is 0 Å². The average molecular weight is 321 g/mol. The molecule has 108 valence electrons. The van der Waals surface area contributed by atoms with E-state index >= 15 is 0 Å². The van der Waals surface area contributed by atoms with Crippen molar-refractivity contribution in [2.45, 2.75) is 0 Å². The van der Waals surface area contributed by atoms with E-state index in [9.17, 15) is 20.0 Å². The van der Waals surface area contributed by atoms with Gasteiger partial charge in [0.15, 0.2) is 0 Å². The Hall–Kier alpha value is -2.19. The van der Waals surface area contributed by atoms with Crippen molar-refractivity contribution in [3.8, 4) is 5.75 Å². The van der Waals surface area contributed by atoms with E-state index in [2.05, 4.69) is 6.58 Å². The quantitative estimate of drug-likeness (QED) is 0.277. The van der Waals surface area contributed by atoms with Crippen molar-refractivity contribution in [2.75, 3.05) is 6.54 Å². The molecule has 1 heterocycles. The van der Waals surface area contributed by atoms with Gasteiger partial charge in [-0.05, 0) is 11.6 Å². The Kier molecular flexibility index (Phi) is 4.39. The first kappa shape index (κ1) is 15.2. The number of nitro benzene ring substituents is 1. The molecule has 1 aromatic carbocycles. The number of benzene rings is 1. The summed E-state index contributed by atoms with van der Waals surface area (Å²) in [5, 5.41) is 22.5. The van der Waals surface area contributed by atoms with E-state index in [1.165, 1.54) is 11.0 Å². The summed E-state index contributed by atoms with van der Waals surface area (Å²) in [6.07, 6.45) is 2.87. The second-order valence-electron chi connectivity index (χ2n) is 4.06. The Labute approximate surface area is 129 Å². The molecule has 1 aliphatic rings. The van der Waals surface area contributed by atoms with Gasteiger partial charge in [0.1, 0.15) is 4.32 Å². The number of hydrogen-bond donors (Lipinski definition) is 0. The van der Waals surface area contributed by atoms with Crippen LogP contribution < -0.4 is 5.11 Å². The Morgan fingerprint density at radius 2 is 2.19 bits per heavy atom. The predicted molar refractivity (Wildman–Crippen MR) is 82.6 cm³/mol. The van der Waals surface area contributed by atoms with Gasteiger partial charge in [0.2, 0.25) is 0 Å². The molecule has 0 aliphatic carbocycles. The van der Waals surface area contributed by atoms with Crippen molar-refractivity contribution in [1.82, 2.24) is 4.90 Å². The molecule has 0 atom stereocenters. The molecule has 6 nitrogen and oxygen atoms in total. The van der Waals surface area contributed by atoms with E-state index in [0.717, 1.165) is 30.0 Å². The number of carbonyl (C=O) groups excluding carboxylic acids is 1. The molecule has 1 amide bonds. The van der Waals surface area contributed by atoms with Gasteiger partial charge in [-0.1, -0.05) is 36.1 Å². The second kappa shape index (κ2) is 6.06. The highest BCUT2D eigenvalue weighted by molar-refractivity contribution is 8.26. The van der Waals surface area contributed by atoms with E-state index in [4.69, 9.17) is 12.2 Å². The summed E-state index contributed by atoms with van der Waals surface area (Å²) in [7, 11) is 0. The van der Waals surface area contributed by atoms with Crippen LogP contribution in [-0.2, 0) is 4.79 Å². The van der Waals surface area contributed by atoms with E-state index in [1.54, 1.807) is 6.08 Å². The molecule has 1 saturated heterocycles. The monoisotopic (exact) mass is 321 g/mol. The van der Waals surface area contributed by atoms with Crippen molar-refractivity contribution >= 4 is 46.0 Å². The van der Waals surface area contributed by atoms with Crippen LogP contribution >= 0.6 is 24.0 Å². The summed E-state index contributed by atoms with van der Waals surface area (Å²) in [6, 6.07) is 3.37. The lowest BCUT2D eigenvalue weighted by Gasteiger charge is -2.11. The molecule has 0 radical (unpaired) electrons. The van der Waals surface area contributed by atoms with Gasteiger partial charge < -0.3 is 5.11 Å². The fourth-order valence-electron chi connectivity index (χ4n) is 1.69. The van der Waals surface area contributed by atoms with Gasteiger partial charge in [-0.3, -0.25) is 19.8 Å².